The van der Waals surface area contributed by atoms with Crippen molar-refractivity contribution in [2.45, 2.75) is 39.8 Å². The van der Waals surface area contributed by atoms with Gasteiger partial charge in [0.1, 0.15) is 5.76 Å². The Morgan fingerprint density at radius 2 is 1.69 bits per heavy atom. The van der Waals surface area contributed by atoms with Crippen LogP contribution in [0.5, 0.6) is 0 Å². The first-order chi connectivity index (χ1) is 18.9. The number of hydrogen-bond donors (Lipinski definition) is 0. The molecule has 7 heteroatoms. The minimum atomic E-state index is -0.138. The van der Waals surface area contributed by atoms with Crippen LogP contribution in [-0.2, 0) is 17.9 Å². The van der Waals surface area contributed by atoms with E-state index in [1.165, 1.54) is 5.39 Å². The molecule has 2 aromatic carbocycles. The number of carbonyl (C=O) groups excluding carboxylic acids is 2. The molecule has 2 amide bonds. The molecule has 39 heavy (non-hydrogen) atoms. The number of para-hydroxylation sites is 2. The van der Waals surface area contributed by atoms with Crippen LogP contribution in [0.4, 0.5) is 5.69 Å². The van der Waals surface area contributed by atoms with Gasteiger partial charge in [0.15, 0.2) is 5.76 Å². The summed E-state index contributed by atoms with van der Waals surface area (Å²) in [5.74, 6) is 1.34. The minimum Gasteiger partial charge on any atom is -0.454 e. The zero-order valence-electron chi connectivity index (χ0n) is 23.2. The van der Waals surface area contributed by atoms with Crippen LogP contribution in [0.25, 0.3) is 10.9 Å². The fraction of sp³-hybridized carbons (Fsp3) is 0.375. The van der Waals surface area contributed by atoms with Crippen LogP contribution in [0.2, 0.25) is 0 Å². The second-order valence-corrected chi connectivity index (χ2v) is 10.9. The van der Waals surface area contributed by atoms with Gasteiger partial charge in [-0.3, -0.25) is 9.59 Å². The van der Waals surface area contributed by atoms with Gasteiger partial charge in [0.05, 0.1) is 6.54 Å². The van der Waals surface area contributed by atoms with E-state index >= 15 is 0 Å². The number of rotatable bonds is 5. The molecule has 0 radical (unpaired) electrons. The molecule has 1 aliphatic heterocycles. The van der Waals surface area contributed by atoms with Crippen LogP contribution in [0.3, 0.4) is 0 Å². The molecule has 0 fully saturated rings. The topological polar surface area (TPSA) is 61.9 Å². The summed E-state index contributed by atoms with van der Waals surface area (Å²) in [6.45, 7) is 7.94. The molecule has 0 N–H and O–H groups in total. The van der Waals surface area contributed by atoms with E-state index < -0.39 is 0 Å². The zero-order valence-corrected chi connectivity index (χ0v) is 23.2. The first-order valence-electron chi connectivity index (χ1n) is 13.9. The molecule has 0 saturated heterocycles. The molecule has 1 aliphatic rings. The van der Waals surface area contributed by atoms with Gasteiger partial charge in [0, 0.05) is 50.0 Å². The Morgan fingerprint density at radius 3 is 2.54 bits per heavy atom. The van der Waals surface area contributed by atoms with Crippen molar-refractivity contribution < 1.29 is 14.0 Å². The molecule has 2 aromatic heterocycles. The number of hydrogen-bond acceptors (Lipinski definition) is 4. The monoisotopic (exact) mass is 526 g/mol. The molecule has 0 atom stereocenters. The molecule has 5 rings (SSSR count). The molecule has 7 nitrogen and oxygen atoms in total. The summed E-state index contributed by atoms with van der Waals surface area (Å²) in [6, 6.07) is 22.0. The molecular formula is C32H38N4O3. The summed E-state index contributed by atoms with van der Waals surface area (Å²) >= 11 is 0. The first kappa shape index (κ1) is 26.8. The Hall–Kier alpha value is -3.84. The van der Waals surface area contributed by atoms with Gasteiger partial charge in [-0.25, -0.2) is 0 Å². The van der Waals surface area contributed by atoms with Gasteiger partial charge in [-0.1, -0.05) is 50.2 Å². The number of amides is 2. The Bertz CT molecular complexity index is 1440. The van der Waals surface area contributed by atoms with Crippen molar-refractivity contribution in [1.82, 2.24) is 14.4 Å². The van der Waals surface area contributed by atoms with Crippen LogP contribution < -0.4 is 4.90 Å². The Balaban J connectivity index is 1.40. The lowest BCUT2D eigenvalue weighted by Crippen LogP contribution is -2.37. The van der Waals surface area contributed by atoms with E-state index in [4.69, 9.17) is 4.42 Å². The number of likely N-dealkylation sites (N-methyl/N-ethyl adjacent to an activating group) is 1. The smallest absolute Gasteiger partial charge is 0.289 e. The quantitative estimate of drug-likeness (QED) is 0.338. The molecule has 0 bridgehead atoms. The van der Waals surface area contributed by atoms with Crippen molar-refractivity contribution in [3.05, 3.63) is 90.0 Å². The maximum absolute atomic E-state index is 13.8. The van der Waals surface area contributed by atoms with Crippen molar-refractivity contribution in [2.75, 3.05) is 38.1 Å². The number of aromatic nitrogens is 1. The third-order valence-corrected chi connectivity index (χ3v) is 7.37. The van der Waals surface area contributed by atoms with Gasteiger partial charge in [0.25, 0.3) is 5.91 Å². The second-order valence-electron chi connectivity index (χ2n) is 10.9. The largest absolute Gasteiger partial charge is 0.454 e. The van der Waals surface area contributed by atoms with Crippen molar-refractivity contribution in [3.63, 3.8) is 0 Å². The van der Waals surface area contributed by atoms with Crippen molar-refractivity contribution in [3.8, 4) is 0 Å². The van der Waals surface area contributed by atoms with E-state index in [1.54, 1.807) is 6.07 Å². The van der Waals surface area contributed by atoms with Crippen LogP contribution >= 0.6 is 0 Å². The molecule has 0 unspecified atom stereocenters. The van der Waals surface area contributed by atoms with E-state index in [-0.39, 0.29) is 17.7 Å². The molecule has 4 aromatic rings. The highest BCUT2D eigenvalue weighted by Crippen LogP contribution is 2.26. The highest BCUT2D eigenvalue weighted by Gasteiger charge is 2.25. The third-order valence-electron chi connectivity index (χ3n) is 7.37. The summed E-state index contributed by atoms with van der Waals surface area (Å²) in [4.78, 5) is 33.0. The SMILES string of the molecule is CC(C)CC(=O)N1CCCN(C)CCN(C(=O)c2ccc(Cn3ccc4ccccc43)o2)Cc2ccccc21. The van der Waals surface area contributed by atoms with Crippen LogP contribution in [0, 0.1) is 5.92 Å². The summed E-state index contributed by atoms with van der Waals surface area (Å²) in [7, 11) is 2.07. The van der Waals surface area contributed by atoms with Crippen molar-refractivity contribution in [1.29, 1.82) is 0 Å². The van der Waals surface area contributed by atoms with Gasteiger partial charge in [0.2, 0.25) is 5.91 Å². The second kappa shape index (κ2) is 11.9. The van der Waals surface area contributed by atoms with E-state index in [2.05, 4.69) is 48.6 Å². The number of carbonyl (C=O) groups is 2. The van der Waals surface area contributed by atoms with Gasteiger partial charge in [-0.2, -0.15) is 0 Å². The summed E-state index contributed by atoms with van der Waals surface area (Å²) < 4.78 is 8.23. The summed E-state index contributed by atoms with van der Waals surface area (Å²) in [5, 5.41) is 1.17. The molecule has 0 aliphatic carbocycles. The van der Waals surface area contributed by atoms with Crippen molar-refractivity contribution in [2.24, 2.45) is 5.92 Å². The Labute approximate surface area is 230 Å². The molecule has 204 valence electrons. The fourth-order valence-electron chi connectivity index (χ4n) is 5.29. The number of furan rings is 1. The summed E-state index contributed by atoms with van der Waals surface area (Å²) in [5.41, 5.74) is 2.99. The van der Waals surface area contributed by atoms with Crippen molar-refractivity contribution >= 4 is 28.4 Å². The van der Waals surface area contributed by atoms with E-state index in [9.17, 15) is 9.59 Å². The molecule has 0 spiro atoms. The predicted molar refractivity (Wildman–Crippen MR) is 155 cm³/mol. The fourth-order valence-corrected chi connectivity index (χ4v) is 5.29. The van der Waals surface area contributed by atoms with Gasteiger partial charge < -0.3 is 23.7 Å². The average molecular weight is 527 g/mol. The molecular weight excluding hydrogens is 488 g/mol. The van der Waals surface area contributed by atoms with Crippen LogP contribution in [-0.4, -0.2) is 59.4 Å². The third kappa shape index (κ3) is 6.25. The van der Waals surface area contributed by atoms with Gasteiger partial charge in [-0.15, -0.1) is 0 Å². The zero-order chi connectivity index (χ0) is 27.4. The normalized spacial score (nSPS) is 15.4. The van der Waals surface area contributed by atoms with Gasteiger partial charge >= 0.3 is 0 Å². The minimum absolute atomic E-state index is 0.130. The van der Waals surface area contributed by atoms with Crippen LogP contribution in [0.1, 0.15) is 48.6 Å². The lowest BCUT2D eigenvalue weighted by molar-refractivity contribution is -0.119. The maximum atomic E-state index is 13.8. The highest BCUT2D eigenvalue weighted by atomic mass is 16.4. The Kier molecular flexibility index (Phi) is 8.17. The standard InChI is InChI=1S/C32H38N4O3/c1-24(2)21-31(37)36-17-8-16-33(3)19-20-35(22-26-10-5-7-12-29(26)36)32(38)30-14-13-27(39-30)23-34-18-15-25-9-4-6-11-28(25)34/h4-7,9-15,18,24H,8,16-17,19-23H2,1-3H3. The number of fused-ring (bicyclic) bond motifs is 2. The van der Waals surface area contributed by atoms with Crippen LogP contribution in [0.15, 0.2) is 77.3 Å². The number of anilines is 1. The lowest BCUT2D eigenvalue weighted by Gasteiger charge is -2.28. The lowest BCUT2D eigenvalue weighted by atomic mass is 10.1. The van der Waals surface area contributed by atoms with E-state index in [1.807, 2.05) is 58.5 Å². The maximum Gasteiger partial charge on any atom is 0.289 e. The average Bonchev–Trinajstić information content (AvgIpc) is 3.55. The summed E-state index contributed by atoms with van der Waals surface area (Å²) in [6.07, 6.45) is 3.42. The predicted octanol–water partition coefficient (Wildman–Crippen LogP) is 5.64. The number of benzene rings is 2. The van der Waals surface area contributed by atoms with E-state index in [0.717, 1.165) is 42.0 Å². The molecule has 3 heterocycles. The first-order valence-corrected chi connectivity index (χ1v) is 13.9. The number of nitrogens with zero attached hydrogens (tertiary/aromatic N) is 4. The highest BCUT2D eigenvalue weighted by molar-refractivity contribution is 5.95. The van der Waals surface area contributed by atoms with E-state index in [0.29, 0.717) is 38.4 Å². The molecule has 0 saturated carbocycles. The Morgan fingerprint density at radius 1 is 0.897 bits per heavy atom. The van der Waals surface area contributed by atoms with Gasteiger partial charge in [-0.05, 0) is 67.2 Å².